The molecule has 0 atom stereocenters. The van der Waals surface area contributed by atoms with E-state index in [4.69, 9.17) is 17.0 Å². The molecule has 1 aliphatic carbocycles. The molecule has 100 valence electrons. The fourth-order valence-electron chi connectivity index (χ4n) is 2.80. The molecule has 4 heteroatoms. The van der Waals surface area contributed by atoms with E-state index in [1.807, 2.05) is 13.0 Å². The van der Waals surface area contributed by atoms with Crippen LogP contribution in [-0.2, 0) is 16.8 Å². The summed E-state index contributed by atoms with van der Waals surface area (Å²) in [7, 11) is 0. The Morgan fingerprint density at radius 1 is 1.39 bits per heavy atom. The van der Waals surface area contributed by atoms with E-state index in [0.717, 1.165) is 38.1 Å². The molecule has 0 saturated heterocycles. The summed E-state index contributed by atoms with van der Waals surface area (Å²) in [6, 6.07) is 1.97. The Kier molecular flexibility index (Phi) is 4.51. The first kappa shape index (κ1) is 13.7. The van der Waals surface area contributed by atoms with Crippen LogP contribution in [0.15, 0.2) is 6.07 Å². The Hall–Kier alpha value is -0.740. The van der Waals surface area contributed by atoms with Gasteiger partial charge in [0.2, 0.25) is 0 Å². The maximum atomic E-state index is 6.02. The quantitative estimate of drug-likeness (QED) is 0.821. The van der Waals surface area contributed by atoms with Gasteiger partial charge < -0.3 is 9.72 Å². The molecular weight excluding hydrogens is 244 g/mol. The van der Waals surface area contributed by atoms with Gasteiger partial charge in [0.15, 0.2) is 0 Å². The van der Waals surface area contributed by atoms with Crippen LogP contribution in [0.1, 0.15) is 57.5 Å². The molecule has 18 heavy (non-hydrogen) atoms. The molecule has 0 aliphatic heterocycles. The second-order valence-corrected chi connectivity index (χ2v) is 5.40. The minimum Gasteiger partial charge on any atom is -0.367 e. The minimum atomic E-state index is -0.216. The molecule has 0 spiro atoms. The molecule has 1 saturated carbocycles. The maximum absolute atomic E-state index is 6.02. The average Bonchev–Trinajstić information content (AvgIpc) is 2.79. The summed E-state index contributed by atoms with van der Waals surface area (Å²) in [5, 5.41) is 0. The normalized spacial score (nSPS) is 18.1. The van der Waals surface area contributed by atoms with Crippen LogP contribution in [0.3, 0.4) is 0 Å². The lowest BCUT2D eigenvalue weighted by molar-refractivity contribution is -0.0459. The highest BCUT2D eigenvalue weighted by Crippen LogP contribution is 2.40. The van der Waals surface area contributed by atoms with Gasteiger partial charge in [-0.15, -0.1) is 0 Å². The van der Waals surface area contributed by atoms with Crippen LogP contribution in [0.5, 0.6) is 0 Å². The van der Waals surface area contributed by atoms with E-state index in [1.165, 1.54) is 18.5 Å². The van der Waals surface area contributed by atoms with E-state index in [2.05, 4.69) is 16.9 Å². The fourth-order valence-corrected chi connectivity index (χ4v) is 3.03. The van der Waals surface area contributed by atoms with Gasteiger partial charge in [0.05, 0.1) is 0 Å². The first-order chi connectivity index (χ1) is 8.70. The Labute approximate surface area is 114 Å². The van der Waals surface area contributed by atoms with Gasteiger partial charge in [0.25, 0.3) is 0 Å². The number of aromatic amines is 1. The van der Waals surface area contributed by atoms with Crippen molar-refractivity contribution >= 4 is 12.2 Å². The summed E-state index contributed by atoms with van der Waals surface area (Å²) in [6.45, 7) is 4.94. The zero-order chi connectivity index (χ0) is 13.0. The van der Waals surface area contributed by atoms with E-state index in [-0.39, 0.29) is 5.60 Å². The van der Waals surface area contributed by atoms with Crippen LogP contribution >= 0.6 is 12.2 Å². The van der Waals surface area contributed by atoms with Crippen LogP contribution in [0.25, 0.3) is 0 Å². The Morgan fingerprint density at radius 3 is 2.72 bits per heavy atom. The highest BCUT2D eigenvalue weighted by Gasteiger charge is 2.38. The number of nitrogens with zero attached hydrogens (tertiary/aromatic N) is 1. The van der Waals surface area contributed by atoms with Crippen LogP contribution < -0.4 is 0 Å². The van der Waals surface area contributed by atoms with Crippen molar-refractivity contribution in [3.8, 4) is 0 Å². The summed E-state index contributed by atoms with van der Waals surface area (Å²) in [4.78, 5) is 7.97. The Morgan fingerprint density at radius 2 is 2.11 bits per heavy atom. The second kappa shape index (κ2) is 5.93. The third-order valence-electron chi connectivity index (χ3n) is 3.58. The molecule has 3 nitrogen and oxygen atoms in total. The van der Waals surface area contributed by atoms with Crippen molar-refractivity contribution in [3.05, 3.63) is 22.2 Å². The highest BCUT2D eigenvalue weighted by molar-refractivity contribution is 7.71. The number of nitrogens with one attached hydrogen (secondary N) is 1. The molecule has 1 fully saturated rings. The van der Waals surface area contributed by atoms with Gasteiger partial charge in [-0.1, -0.05) is 25.6 Å². The molecule has 0 unspecified atom stereocenters. The van der Waals surface area contributed by atoms with Crippen molar-refractivity contribution in [1.82, 2.24) is 9.97 Å². The van der Waals surface area contributed by atoms with Gasteiger partial charge in [-0.25, -0.2) is 4.98 Å². The third-order valence-corrected chi connectivity index (χ3v) is 3.79. The summed E-state index contributed by atoms with van der Waals surface area (Å²) in [5.41, 5.74) is 0.963. The average molecular weight is 266 g/mol. The van der Waals surface area contributed by atoms with Gasteiger partial charge >= 0.3 is 0 Å². The predicted octanol–water partition coefficient (Wildman–Crippen LogP) is 3.90. The SMILES string of the molecule is CCCc1cc(=S)nc(C2(OCC)CCCC2)[nH]1. The largest absolute Gasteiger partial charge is 0.367 e. The number of hydrogen-bond acceptors (Lipinski definition) is 3. The van der Waals surface area contributed by atoms with Gasteiger partial charge in [-0.2, -0.15) is 0 Å². The summed E-state index contributed by atoms with van der Waals surface area (Å²) < 4.78 is 6.70. The fraction of sp³-hybridized carbons (Fsp3) is 0.714. The standard InChI is InChI=1S/C14H22N2OS/c1-3-7-11-10-12(18)16-13(15-11)14(17-4-2)8-5-6-9-14/h10H,3-9H2,1-2H3,(H,15,16,18). The minimum absolute atomic E-state index is 0.216. The predicted molar refractivity (Wildman–Crippen MR) is 75.2 cm³/mol. The van der Waals surface area contributed by atoms with Crippen LogP contribution in [0.2, 0.25) is 0 Å². The maximum Gasteiger partial charge on any atom is 0.140 e. The molecule has 1 N–H and O–H groups in total. The topological polar surface area (TPSA) is 37.9 Å². The van der Waals surface area contributed by atoms with E-state index >= 15 is 0 Å². The van der Waals surface area contributed by atoms with E-state index in [0.29, 0.717) is 4.64 Å². The Balaban J connectivity index is 2.38. The van der Waals surface area contributed by atoms with Gasteiger partial charge in [-0.05, 0) is 45.1 Å². The molecular formula is C14H22N2OS. The van der Waals surface area contributed by atoms with Gasteiger partial charge in [-0.3, -0.25) is 0 Å². The van der Waals surface area contributed by atoms with Crippen molar-refractivity contribution < 1.29 is 4.74 Å². The molecule has 1 aromatic heterocycles. The zero-order valence-electron chi connectivity index (χ0n) is 11.3. The second-order valence-electron chi connectivity index (χ2n) is 4.98. The van der Waals surface area contributed by atoms with E-state index < -0.39 is 0 Å². The van der Waals surface area contributed by atoms with Crippen molar-refractivity contribution in [2.75, 3.05) is 6.61 Å². The number of hydrogen-bond donors (Lipinski definition) is 1. The zero-order valence-corrected chi connectivity index (χ0v) is 12.1. The van der Waals surface area contributed by atoms with Crippen molar-refractivity contribution in [1.29, 1.82) is 0 Å². The lowest BCUT2D eigenvalue weighted by Crippen LogP contribution is -2.29. The number of aryl methyl sites for hydroxylation is 1. The summed E-state index contributed by atoms with van der Waals surface area (Å²) >= 11 is 5.28. The monoisotopic (exact) mass is 266 g/mol. The van der Waals surface area contributed by atoms with E-state index in [1.54, 1.807) is 0 Å². The third kappa shape index (κ3) is 2.81. The first-order valence-corrected chi connectivity index (χ1v) is 7.35. The Bertz CT molecular complexity index is 449. The molecule has 0 bridgehead atoms. The van der Waals surface area contributed by atoms with Gasteiger partial charge in [0.1, 0.15) is 16.1 Å². The van der Waals surface area contributed by atoms with Crippen LogP contribution in [0.4, 0.5) is 0 Å². The van der Waals surface area contributed by atoms with E-state index in [9.17, 15) is 0 Å². The number of H-pyrrole nitrogens is 1. The molecule has 1 aromatic rings. The smallest absolute Gasteiger partial charge is 0.140 e. The highest BCUT2D eigenvalue weighted by atomic mass is 32.1. The molecule has 0 aromatic carbocycles. The lowest BCUT2D eigenvalue weighted by atomic mass is 10.0. The van der Waals surface area contributed by atoms with Crippen molar-refractivity contribution in [3.63, 3.8) is 0 Å². The lowest BCUT2D eigenvalue weighted by Gasteiger charge is -2.28. The first-order valence-electron chi connectivity index (χ1n) is 6.95. The van der Waals surface area contributed by atoms with Crippen LogP contribution in [0, 0.1) is 4.64 Å². The molecule has 1 aliphatic rings. The summed E-state index contributed by atoms with van der Waals surface area (Å²) in [5.74, 6) is 0.942. The van der Waals surface area contributed by atoms with Crippen molar-refractivity contribution in [2.45, 2.75) is 58.0 Å². The summed E-state index contributed by atoms with van der Waals surface area (Å²) in [6.07, 6.45) is 6.64. The molecule has 2 rings (SSSR count). The van der Waals surface area contributed by atoms with Crippen molar-refractivity contribution in [2.24, 2.45) is 0 Å². The molecule has 1 heterocycles. The molecule has 0 amide bonds. The number of aromatic nitrogens is 2. The number of ether oxygens (including phenoxy) is 1. The number of rotatable bonds is 5. The van der Waals surface area contributed by atoms with Gasteiger partial charge in [0, 0.05) is 12.3 Å². The van der Waals surface area contributed by atoms with Crippen LogP contribution in [-0.4, -0.2) is 16.6 Å². The molecule has 0 radical (unpaired) electrons.